The predicted octanol–water partition coefficient (Wildman–Crippen LogP) is 6.14. The lowest BCUT2D eigenvalue weighted by Gasteiger charge is -2.09. The van der Waals surface area contributed by atoms with Crippen LogP contribution in [0.4, 0.5) is 0 Å². The minimum absolute atomic E-state index is 0.0155. The molecule has 0 saturated heterocycles. The minimum atomic E-state index is -0.194. The number of phenolic OH excluding ortho intramolecular Hbond substituents is 1. The first-order chi connectivity index (χ1) is 12.7. The average Bonchev–Trinajstić information content (AvgIpc) is 2.68. The molecule has 0 heterocycles. The highest BCUT2D eigenvalue weighted by atomic mass is 16.5. The number of unbranched alkanes of at least 4 members (excludes halogenated alkanes) is 7. The summed E-state index contributed by atoms with van der Waals surface area (Å²) < 4.78 is 5.77. The normalized spacial score (nSPS) is 10.7. The summed E-state index contributed by atoms with van der Waals surface area (Å²) in [5, 5.41) is 10.0. The third kappa shape index (κ3) is 6.55. The van der Waals surface area contributed by atoms with Crippen molar-refractivity contribution in [2.75, 3.05) is 6.61 Å². The van der Waals surface area contributed by atoms with Crippen molar-refractivity contribution in [1.82, 2.24) is 0 Å². The SMILES string of the molecule is CCCCCCCCCCOc1ccc(O)c(C(=O)c2ccccc2)c1. The lowest BCUT2D eigenvalue weighted by molar-refractivity contribution is 0.103. The third-order valence-electron chi connectivity index (χ3n) is 4.52. The van der Waals surface area contributed by atoms with Gasteiger partial charge in [-0.1, -0.05) is 82.2 Å². The Balaban J connectivity index is 1.78. The van der Waals surface area contributed by atoms with E-state index in [1.54, 1.807) is 24.3 Å². The molecule has 1 N–H and O–H groups in total. The van der Waals surface area contributed by atoms with E-state index in [1.165, 1.54) is 51.0 Å². The van der Waals surface area contributed by atoms with Crippen molar-refractivity contribution in [3.05, 3.63) is 59.7 Å². The average molecular weight is 354 g/mol. The van der Waals surface area contributed by atoms with Crippen molar-refractivity contribution in [2.45, 2.75) is 58.3 Å². The summed E-state index contributed by atoms with van der Waals surface area (Å²) in [5.74, 6) is 0.420. The number of rotatable bonds is 12. The van der Waals surface area contributed by atoms with E-state index < -0.39 is 0 Å². The zero-order chi connectivity index (χ0) is 18.6. The minimum Gasteiger partial charge on any atom is -0.507 e. The number of phenols is 1. The quantitative estimate of drug-likeness (QED) is 0.368. The molecule has 0 aliphatic heterocycles. The van der Waals surface area contributed by atoms with Crippen LogP contribution in [0.5, 0.6) is 11.5 Å². The number of ketones is 1. The van der Waals surface area contributed by atoms with Gasteiger partial charge < -0.3 is 9.84 Å². The van der Waals surface area contributed by atoms with Crippen LogP contribution >= 0.6 is 0 Å². The molecule has 2 aromatic carbocycles. The van der Waals surface area contributed by atoms with E-state index in [4.69, 9.17) is 4.74 Å². The molecular weight excluding hydrogens is 324 g/mol. The van der Waals surface area contributed by atoms with E-state index in [-0.39, 0.29) is 17.1 Å². The molecule has 2 rings (SSSR count). The molecule has 3 heteroatoms. The molecule has 0 spiro atoms. The predicted molar refractivity (Wildman–Crippen MR) is 106 cm³/mol. The van der Waals surface area contributed by atoms with Gasteiger partial charge in [0.2, 0.25) is 0 Å². The summed E-state index contributed by atoms with van der Waals surface area (Å²) in [7, 11) is 0. The fraction of sp³-hybridized carbons (Fsp3) is 0.435. The molecule has 0 unspecified atom stereocenters. The van der Waals surface area contributed by atoms with Gasteiger partial charge in [0.15, 0.2) is 5.78 Å². The standard InChI is InChI=1S/C23H30O3/c1-2-3-4-5-6-7-8-12-17-26-20-15-16-22(24)21(18-20)23(25)19-13-10-9-11-14-19/h9-11,13-16,18,24H,2-8,12,17H2,1H3. The molecule has 3 nitrogen and oxygen atoms in total. The summed E-state index contributed by atoms with van der Waals surface area (Å²) in [6, 6.07) is 13.8. The van der Waals surface area contributed by atoms with Crippen LogP contribution in [-0.2, 0) is 0 Å². The molecule has 0 atom stereocenters. The van der Waals surface area contributed by atoms with Gasteiger partial charge >= 0.3 is 0 Å². The molecule has 0 radical (unpaired) electrons. The molecule has 0 aliphatic carbocycles. The van der Waals surface area contributed by atoms with Gasteiger partial charge in [-0.05, 0) is 24.6 Å². The summed E-state index contributed by atoms with van der Waals surface area (Å²) in [5.41, 5.74) is 0.840. The van der Waals surface area contributed by atoms with Gasteiger partial charge in [0.25, 0.3) is 0 Å². The third-order valence-corrected chi connectivity index (χ3v) is 4.52. The van der Waals surface area contributed by atoms with E-state index in [1.807, 2.05) is 18.2 Å². The summed E-state index contributed by atoms with van der Waals surface area (Å²) in [6.45, 7) is 2.87. The second kappa shape index (κ2) is 11.3. The second-order valence-corrected chi connectivity index (χ2v) is 6.70. The van der Waals surface area contributed by atoms with Crippen LogP contribution in [0.1, 0.15) is 74.2 Å². The van der Waals surface area contributed by atoms with Crippen LogP contribution in [-0.4, -0.2) is 17.5 Å². The lowest BCUT2D eigenvalue weighted by Crippen LogP contribution is -2.03. The Bertz CT molecular complexity index is 664. The number of aromatic hydroxyl groups is 1. The van der Waals surface area contributed by atoms with Crippen molar-refractivity contribution < 1.29 is 14.6 Å². The Morgan fingerprint density at radius 1 is 0.885 bits per heavy atom. The molecular formula is C23H30O3. The van der Waals surface area contributed by atoms with Crippen molar-refractivity contribution in [1.29, 1.82) is 0 Å². The van der Waals surface area contributed by atoms with Crippen LogP contribution in [0.15, 0.2) is 48.5 Å². The van der Waals surface area contributed by atoms with Crippen LogP contribution in [0.3, 0.4) is 0 Å². The van der Waals surface area contributed by atoms with E-state index >= 15 is 0 Å². The maximum absolute atomic E-state index is 12.5. The van der Waals surface area contributed by atoms with E-state index in [0.717, 1.165) is 6.42 Å². The first-order valence-corrected chi connectivity index (χ1v) is 9.78. The van der Waals surface area contributed by atoms with Gasteiger partial charge in [0.1, 0.15) is 11.5 Å². The molecule has 0 aromatic heterocycles. The highest BCUT2D eigenvalue weighted by Crippen LogP contribution is 2.25. The van der Waals surface area contributed by atoms with Crippen LogP contribution in [0.2, 0.25) is 0 Å². The Labute approximate surface area is 157 Å². The molecule has 0 aliphatic rings. The highest BCUT2D eigenvalue weighted by Gasteiger charge is 2.14. The fourth-order valence-corrected chi connectivity index (χ4v) is 2.96. The number of carbonyl (C=O) groups is 1. The molecule has 0 saturated carbocycles. The maximum Gasteiger partial charge on any atom is 0.196 e. The van der Waals surface area contributed by atoms with Gasteiger partial charge in [-0.25, -0.2) is 0 Å². The van der Waals surface area contributed by atoms with Gasteiger partial charge in [0.05, 0.1) is 12.2 Å². The van der Waals surface area contributed by atoms with E-state index in [0.29, 0.717) is 17.9 Å². The number of carbonyl (C=O) groups excluding carboxylic acids is 1. The second-order valence-electron chi connectivity index (χ2n) is 6.70. The van der Waals surface area contributed by atoms with Gasteiger partial charge in [-0.3, -0.25) is 4.79 Å². The Kier molecular flexibility index (Phi) is 8.74. The smallest absolute Gasteiger partial charge is 0.196 e. The first kappa shape index (κ1) is 20.0. The lowest BCUT2D eigenvalue weighted by atomic mass is 10.0. The Morgan fingerprint density at radius 3 is 2.23 bits per heavy atom. The number of hydrogen-bond donors (Lipinski definition) is 1. The van der Waals surface area contributed by atoms with Crippen molar-refractivity contribution in [3.63, 3.8) is 0 Å². The van der Waals surface area contributed by atoms with Crippen LogP contribution < -0.4 is 4.74 Å². The van der Waals surface area contributed by atoms with Gasteiger partial charge in [0, 0.05) is 5.56 Å². The maximum atomic E-state index is 12.5. The van der Waals surface area contributed by atoms with Crippen molar-refractivity contribution in [3.8, 4) is 11.5 Å². The number of ether oxygens (including phenoxy) is 1. The molecule has 0 bridgehead atoms. The molecule has 0 fully saturated rings. The monoisotopic (exact) mass is 354 g/mol. The zero-order valence-electron chi connectivity index (χ0n) is 15.7. The highest BCUT2D eigenvalue weighted by molar-refractivity contribution is 6.10. The fourth-order valence-electron chi connectivity index (χ4n) is 2.96. The van der Waals surface area contributed by atoms with Gasteiger partial charge in [-0.2, -0.15) is 0 Å². The topological polar surface area (TPSA) is 46.5 Å². The summed E-state index contributed by atoms with van der Waals surface area (Å²) in [6.07, 6.45) is 10.0. The van der Waals surface area contributed by atoms with E-state index in [2.05, 4.69) is 6.92 Å². The van der Waals surface area contributed by atoms with Gasteiger partial charge in [-0.15, -0.1) is 0 Å². The summed E-state index contributed by atoms with van der Waals surface area (Å²) >= 11 is 0. The van der Waals surface area contributed by atoms with Crippen molar-refractivity contribution in [2.24, 2.45) is 0 Å². The largest absolute Gasteiger partial charge is 0.507 e. The first-order valence-electron chi connectivity index (χ1n) is 9.78. The number of benzene rings is 2. The summed E-state index contributed by atoms with van der Waals surface area (Å²) in [4.78, 5) is 12.5. The van der Waals surface area contributed by atoms with Crippen molar-refractivity contribution >= 4 is 5.78 Å². The Hall–Kier alpha value is -2.29. The molecule has 0 amide bonds. The number of hydrogen-bond acceptors (Lipinski definition) is 3. The van der Waals surface area contributed by atoms with Crippen LogP contribution in [0.25, 0.3) is 0 Å². The molecule has 26 heavy (non-hydrogen) atoms. The Morgan fingerprint density at radius 2 is 1.54 bits per heavy atom. The van der Waals surface area contributed by atoms with E-state index in [9.17, 15) is 9.90 Å². The molecule has 2 aromatic rings. The molecule has 140 valence electrons. The van der Waals surface area contributed by atoms with Crippen LogP contribution in [0, 0.1) is 0 Å². The zero-order valence-corrected chi connectivity index (χ0v) is 15.7.